The van der Waals surface area contributed by atoms with E-state index < -0.39 is 0 Å². The maximum atomic E-state index is 13.3. The Kier molecular flexibility index (Phi) is 6.00. The molecular formula is C23H25FN4O. The van der Waals surface area contributed by atoms with Crippen molar-refractivity contribution in [2.45, 2.75) is 38.3 Å². The molecule has 5 nitrogen and oxygen atoms in total. The van der Waals surface area contributed by atoms with Crippen LogP contribution in [0.4, 0.5) is 4.39 Å². The molecule has 29 heavy (non-hydrogen) atoms. The quantitative estimate of drug-likeness (QED) is 0.544. The van der Waals surface area contributed by atoms with Crippen molar-refractivity contribution in [1.29, 1.82) is 0 Å². The van der Waals surface area contributed by atoms with Crippen LogP contribution in [-0.2, 0) is 11.3 Å². The first-order valence-electron chi connectivity index (χ1n) is 10.1. The van der Waals surface area contributed by atoms with Crippen LogP contribution in [0.25, 0.3) is 16.9 Å². The molecule has 2 aromatic carbocycles. The minimum Gasteiger partial charge on any atom is -0.353 e. The molecule has 1 amide bonds. The summed E-state index contributed by atoms with van der Waals surface area (Å²) in [6.07, 6.45) is 5.55. The van der Waals surface area contributed by atoms with Gasteiger partial charge in [0, 0.05) is 36.3 Å². The van der Waals surface area contributed by atoms with Gasteiger partial charge in [0.2, 0.25) is 5.91 Å². The van der Waals surface area contributed by atoms with E-state index in [1.54, 1.807) is 12.1 Å². The van der Waals surface area contributed by atoms with Crippen molar-refractivity contribution >= 4 is 5.91 Å². The first-order chi connectivity index (χ1) is 14.2. The van der Waals surface area contributed by atoms with Crippen molar-refractivity contribution < 1.29 is 9.18 Å². The van der Waals surface area contributed by atoms with Gasteiger partial charge in [0.1, 0.15) is 5.82 Å². The van der Waals surface area contributed by atoms with Crippen LogP contribution in [0.15, 0.2) is 60.8 Å². The van der Waals surface area contributed by atoms with Crippen LogP contribution in [0.2, 0.25) is 0 Å². The van der Waals surface area contributed by atoms with Crippen molar-refractivity contribution in [3.05, 3.63) is 72.2 Å². The van der Waals surface area contributed by atoms with E-state index in [0.29, 0.717) is 19.0 Å². The van der Waals surface area contributed by atoms with E-state index in [1.807, 2.05) is 41.2 Å². The molecule has 0 aliphatic heterocycles. The van der Waals surface area contributed by atoms with Crippen LogP contribution in [0.3, 0.4) is 0 Å². The van der Waals surface area contributed by atoms with Gasteiger partial charge >= 0.3 is 0 Å². The fourth-order valence-corrected chi connectivity index (χ4v) is 3.23. The molecule has 1 fully saturated rings. The van der Waals surface area contributed by atoms with Crippen LogP contribution in [-0.4, -0.2) is 28.3 Å². The number of benzene rings is 2. The molecule has 150 valence electrons. The summed E-state index contributed by atoms with van der Waals surface area (Å²) in [5, 5.41) is 11.2. The summed E-state index contributed by atoms with van der Waals surface area (Å²) in [6, 6.07) is 16.7. The number of hydrogen-bond donors (Lipinski definition) is 2. The zero-order chi connectivity index (χ0) is 20.1. The zero-order valence-corrected chi connectivity index (χ0v) is 16.3. The Bertz CT molecular complexity index is 949. The Labute approximate surface area is 169 Å². The van der Waals surface area contributed by atoms with Gasteiger partial charge in [-0.05, 0) is 62.2 Å². The van der Waals surface area contributed by atoms with E-state index in [4.69, 9.17) is 5.10 Å². The summed E-state index contributed by atoms with van der Waals surface area (Å²) in [5.41, 5.74) is 3.70. The SMILES string of the molecule is O=C(CCCNCc1cn(-c2ccccc2)nc1-c1ccc(F)cc1)NC1CC1. The van der Waals surface area contributed by atoms with E-state index in [-0.39, 0.29) is 11.7 Å². The average Bonchev–Trinajstić information content (AvgIpc) is 3.45. The van der Waals surface area contributed by atoms with E-state index >= 15 is 0 Å². The molecule has 1 aliphatic carbocycles. The number of amides is 1. The molecule has 0 unspecified atom stereocenters. The van der Waals surface area contributed by atoms with E-state index in [0.717, 1.165) is 48.3 Å². The van der Waals surface area contributed by atoms with Gasteiger partial charge in [-0.15, -0.1) is 0 Å². The van der Waals surface area contributed by atoms with Gasteiger partial charge < -0.3 is 10.6 Å². The molecule has 0 radical (unpaired) electrons. The van der Waals surface area contributed by atoms with Crippen LogP contribution in [0.1, 0.15) is 31.2 Å². The summed E-state index contributed by atoms with van der Waals surface area (Å²) in [7, 11) is 0. The lowest BCUT2D eigenvalue weighted by Gasteiger charge is -2.06. The molecule has 1 heterocycles. The minimum atomic E-state index is -0.264. The number of carbonyl (C=O) groups excluding carboxylic acids is 1. The standard InChI is InChI=1S/C23H25FN4O/c24-19-10-8-17(9-11-19)23-18(16-28(27-23)21-5-2-1-3-6-21)15-25-14-4-7-22(29)26-20-12-13-20/h1-3,5-6,8-11,16,20,25H,4,7,12-15H2,(H,26,29). The van der Waals surface area contributed by atoms with Gasteiger partial charge in [-0.3, -0.25) is 4.79 Å². The van der Waals surface area contributed by atoms with Crippen molar-refractivity contribution in [3.8, 4) is 16.9 Å². The Morgan fingerprint density at radius 1 is 1.10 bits per heavy atom. The fraction of sp³-hybridized carbons (Fsp3) is 0.304. The topological polar surface area (TPSA) is 59.0 Å². The van der Waals surface area contributed by atoms with Crippen LogP contribution in [0, 0.1) is 5.82 Å². The number of halogens is 1. The summed E-state index contributed by atoms with van der Waals surface area (Å²) in [4.78, 5) is 11.8. The van der Waals surface area contributed by atoms with E-state index in [9.17, 15) is 9.18 Å². The number of rotatable bonds is 9. The highest BCUT2D eigenvalue weighted by atomic mass is 19.1. The number of hydrogen-bond acceptors (Lipinski definition) is 3. The summed E-state index contributed by atoms with van der Waals surface area (Å²) >= 11 is 0. The first kappa shape index (κ1) is 19.3. The minimum absolute atomic E-state index is 0.137. The van der Waals surface area contributed by atoms with Crippen LogP contribution < -0.4 is 10.6 Å². The van der Waals surface area contributed by atoms with Crippen molar-refractivity contribution in [1.82, 2.24) is 20.4 Å². The molecule has 3 aromatic rings. The van der Waals surface area contributed by atoms with Crippen molar-refractivity contribution in [3.63, 3.8) is 0 Å². The number of aromatic nitrogens is 2. The molecule has 4 rings (SSSR count). The van der Waals surface area contributed by atoms with Gasteiger partial charge in [0.15, 0.2) is 0 Å². The monoisotopic (exact) mass is 392 g/mol. The normalized spacial score (nSPS) is 13.4. The van der Waals surface area contributed by atoms with Gasteiger partial charge in [-0.2, -0.15) is 5.10 Å². The Balaban J connectivity index is 1.42. The zero-order valence-electron chi connectivity index (χ0n) is 16.3. The van der Waals surface area contributed by atoms with Gasteiger partial charge in [0.05, 0.1) is 11.4 Å². The fourth-order valence-electron chi connectivity index (χ4n) is 3.23. The molecule has 1 aromatic heterocycles. The Hall–Kier alpha value is -2.99. The largest absolute Gasteiger partial charge is 0.353 e. The molecule has 1 saturated carbocycles. The van der Waals surface area contributed by atoms with Crippen LogP contribution >= 0.6 is 0 Å². The molecule has 0 saturated heterocycles. The van der Waals surface area contributed by atoms with Gasteiger partial charge in [-0.1, -0.05) is 18.2 Å². The van der Waals surface area contributed by atoms with Gasteiger partial charge in [-0.25, -0.2) is 9.07 Å². The lowest BCUT2D eigenvalue weighted by atomic mass is 10.1. The third-order valence-electron chi connectivity index (χ3n) is 4.94. The third kappa shape index (κ3) is 5.29. The summed E-state index contributed by atoms with van der Waals surface area (Å²) < 4.78 is 15.2. The predicted molar refractivity (Wildman–Crippen MR) is 111 cm³/mol. The van der Waals surface area contributed by atoms with Gasteiger partial charge in [0.25, 0.3) is 0 Å². The average molecular weight is 392 g/mol. The molecule has 0 atom stereocenters. The smallest absolute Gasteiger partial charge is 0.220 e. The van der Waals surface area contributed by atoms with E-state index in [1.165, 1.54) is 12.1 Å². The maximum Gasteiger partial charge on any atom is 0.220 e. The lowest BCUT2D eigenvalue weighted by molar-refractivity contribution is -0.121. The lowest BCUT2D eigenvalue weighted by Crippen LogP contribution is -2.26. The second kappa shape index (κ2) is 9.01. The highest BCUT2D eigenvalue weighted by molar-refractivity contribution is 5.76. The summed E-state index contributed by atoms with van der Waals surface area (Å²) in [5.74, 6) is -0.126. The molecule has 1 aliphatic rings. The highest BCUT2D eigenvalue weighted by Gasteiger charge is 2.22. The second-order valence-electron chi connectivity index (χ2n) is 7.41. The molecule has 6 heteroatoms. The highest BCUT2D eigenvalue weighted by Crippen LogP contribution is 2.24. The third-order valence-corrected chi connectivity index (χ3v) is 4.94. The summed E-state index contributed by atoms with van der Waals surface area (Å²) in [6.45, 7) is 1.38. The van der Waals surface area contributed by atoms with E-state index in [2.05, 4.69) is 10.6 Å². The maximum absolute atomic E-state index is 13.3. The Morgan fingerprint density at radius 2 is 1.86 bits per heavy atom. The molecule has 0 bridgehead atoms. The molecule has 2 N–H and O–H groups in total. The second-order valence-corrected chi connectivity index (χ2v) is 7.41. The first-order valence-corrected chi connectivity index (χ1v) is 10.1. The molecular weight excluding hydrogens is 367 g/mol. The molecule has 0 spiro atoms. The van der Waals surface area contributed by atoms with Crippen molar-refractivity contribution in [2.24, 2.45) is 0 Å². The Morgan fingerprint density at radius 3 is 2.59 bits per heavy atom. The number of nitrogens with one attached hydrogen (secondary N) is 2. The predicted octanol–water partition coefficient (Wildman–Crippen LogP) is 3.83. The number of carbonyl (C=O) groups is 1. The number of nitrogens with zero attached hydrogens (tertiary/aromatic N) is 2. The number of para-hydroxylation sites is 1. The van der Waals surface area contributed by atoms with Crippen molar-refractivity contribution in [2.75, 3.05) is 6.54 Å². The van der Waals surface area contributed by atoms with Crippen LogP contribution in [0.5, 0.6) is 0 Å².